The van der Waals surface area contributed by atoms with Gasteiger partial charge in [0.15, 0.2) is 21.3 Å². The van der Waals surface area contributed by atoms with E-state index in [4.69, 9.17) is 21.3 Å². The third-order valence-electron chi connectivity index (χ3n) is 5.10. The Morgan fingerprint density at radius 1 is 1.03 bits per heavy atom. The summed E-state index contributed by atoms with van der Waals surface area (Å²) >= 11 is -0.818. The molecular formula is C25H30N5O2S+. The molecule has 1 heterocycles. The van der Waals surface area contributed by atoms with E-state index in [0.717, 1.165) is 16.0 Å². The number of hydrogen-bond acceptors (Lipinski definition) is 7. The van der Waals surface area contributed by atoms with Gasteiger partial charge in [-0.05, 0) is 76.6 Å². The molecule has 3 aromatic rings. The van der Waals surface area contributed by atoms with E-state index in [9.17, 15) is 4.55 Å². The first-order valence-electron chi connectivity index (χ1n) is 10.6. The number of hydrogen-bond donors (Lipinski definition) is 4. The topological polar surface area (TPSA) is 129 Å². The molecule has 3 rings (SSSR count). The first kappa shape index (κ1) is 24.6. The Morgan fingerprint density at radius 3 is 2.18 bits per heavy atom. The highest BCUT2D eigenvalue weighted by Gasteiger charge is 2.24. The summed E-state index contributed by atoms with van der Waals surface area (Å²) in [5.41, 5.74) is 9.31. The normalized spacial score (nSPS) is 12.5. The maximum Gasteiger partial charge on any atom is 0.241 e. The van der Waals surface area contributed by atoms with Gasteiger partial charge in [0, 0.05) is 16.7 Å². The molecule has 0 fully saturated rings. The molecule has 1 atom stereocenters. The number of aryl methyl sites for hydroxylation is 1. The minimum absolute atomic E-state index is 0.146. The van der Waals surface area contributed by atoms with Crippen molar-refractivity contribution in [2.75, 3.05) is 0 Å². The van der Waals surface area contributed by atoms with E-state index in [1.807, 2.05) is 64.1 Å². The Bertz CT molecular complexity index is 1150. The van der Waals surface area contributed by atoms with Gasteiger partial charge in [0.05, 0.1) is 17.6 Å². The SMILES string of the molecule is Cc1ncc(-c2ccc([S+](O)C(C)C)cc2)nc1C(=N)OC(=N)c1ccc(C(C)(C)N)cc1. The molecule has 0 bridgehead atoms. The fraction of sp³-hybridized carbons (Fsp3) is 0.280. The second-order valence-corrected chi connectivity index (χ2v) is 10.7. The van der Waals surface area contributed by atoms with Gasteiger partial charge in [0.2, 0.25) is 11.8 Å². The van der Waals surface area contributed by atoms with E-state index >= 15 is 0 Å². The molecule has 0 aliphatic carbocycles. The third kappa shape index (κ3) is 5.84. The zero-order chi connectivity index (χ0) is 24.3. The van der Waals surface area contributed by atoms with Crippen molar-refractivity contribution in [3.05, 3.63) is 77.2 Å². The summed E-state index contributed by atoms with van der Waals surface area (Å²) in [5, 5.41) is 16.8. The predicted octanol–water partition coefficient (Wildman–Crippen LogP) is 4.87. The summed E-state index contributed by atoms with van der Waals surface area (Å²) < 4.78 is 15.8. The fourth-order valence-corrected chi connectivity index (χ4v) is 4.06. The van der Waals surface area contributed by atoms with Crippen LogP contribution < -0.4 is 5.73 Å². The van der Waals surface area contributed by atoms with Gasteiger partial charge in [-0.3, -0.25) is 15.8 Å². The largest absolute Gasteiger partial charge is 0.419 e. The monoisotopic (exact) mass is 464 g/mol. The van der Waals surface area contributed by atoms with Crippen molar-refractivity contribution in [3.8, 4) is 11.3 Å². The van der Waals surface area contributed by atoms with Crippen molar-refractivity contribution >= 4 is 23.0 Å². The third-order valence-corrected chi connectivity index (χ3v) is 6.75. The minimum Gasteiger partial charge on any atom is -0.419 e. The van der Waals surface area contributed by atoms with Crippen LogP contribution in [0, 0.1) is 17.7 Å². The Balaban J connectivity index is 1.79. The standard InChI is InChI=1S/C25H30N5O2S/c1-15(2)33(31)20-12-8-17(9-13-20)21-14-29-16(3)22(30-21)24(27)32-23(26)18-6-10-19(11-7-18)25(4,5)28/h6-15,26-27,31H,28H2,1-5H3/q+1. The summed E-state index contributed by atoms with van der Waals surface area (Å²) in [4.78, 5) is 9.79. The maximum absolute atomic E-state index is 10.3. The Kier molecular flexibility index (Phi) is 7.31. The lowest BCUT2D eigenvalue weighted by molar-refractivity contribution is 0.533. The molecule has 0 spiro atoms. The van der Waals surface area contributed by atoms with Crippen molar-refractivity contribution in [1.82, 2.24) is 9.97 Å². The highest BCUT2D eigenvalue weighted by Crippen LogP contribution is 2.23. The summed E-state index contributed by atoms with van der Waals surface area (Å²) in [6.45, 7) is 9.52. The van der Waals surface area contributed by atoms with Crippen LogP contribution in [-0.4, -0.2) is 31.6 Å². The molecule has 7 nitrogen and oxygen atoms in total. The molecule has 0 radical (unpaired) electrons. The number of rotatable bonds is 6. The molecule has 1 aromatic heterocycles. The van der Waals surface area contributed by atoms with Crippen LogP contribution in [0.4, 0.5) is 0 Å². The van der Waals surface area contributed by atoms with Crippen LogP contribution in [0.2, 0.25) is 0 Å². The van der Waals surface area contributed by atoms with Gasteiger partial charge in [0.1, 0.15) is 5.69 Å². The highest BCUT2D eigenvalue weighted by atomic mass is 32.2. The smallest absolute Gasteiger partial charge is 0.241 e. The molecular weight excluding hydrogens is 434 g/mol. The first-order chi connectivity index (χ1) is 15.5. The van der Waals surface area contributed by atoms with Gasteiger partial charge in [-0.1, -0.05) is 12.1 Å². The molecule has 0 saturated heterocycles. The Labute approximate surface area is 197 Å². The minimum atomic E-state index is -0.818. The lowest BCUT2D eigenvalue weighted by Gasteiger charge is -2.19. The molecule has 33 heavy (non-hydrogen) atoms. The first-order valence-corrected chi connectivity index (χ1v) is 11.8. The second-order valence-electron chi connectivity index (χ2n) is 8.64. The van der Waals surface area contributed by atoms with Crippen LogP contribution in [0.25, 0.3) is 11.3 Å². The molecule has 0 saturated carbocycles. The molecule has 5 N–H and O–H groups in total. The highest BCUT2D eigenvalue weighted by molar-refractivity contribution is 7.92. The lowest BCUT2D eigenvalue weighted by Crippen LogP contribution is -2.28. The van der Waals surface area contributed by atoms with Gasteiger partial charge in [-0.2, -0.15) is 4.55 Å². The predicted molar refractivity (Wildman–Crippen MR) is 134 cm³/mol. The van der Waals surface area contributed by atoms with Gasteiger partial charge in [-0.15, -0.1) is 0 Å². The lowest BCUT2D eigenvalue weighted by atomic mass is 9.95. The van der Waals surface area contributed by atoms with E-state index in [1.54, 1.807) is 25.3 Å². The molecule has 172 valence electrons. The molecule has 0 aliphatic heterocycles. The number of aromatic nitrogens is 2. The summed E-state index contributed by atoms with van der Waals surface area (Å²) in [7, 11) is 0. The van der Waals surface area contributed by atoms with E-state index in [-0.39, 0.29) is 22.7 Å². The van der Waals surface area contributed by atoms with Gasteiger partial charge < -0.3 is 10.5 Å². The van der Waals surface area contributed by atoms with Crippen molar-refractivity contribution in [3.63, 3.8) is 0 Å². The van der Waals surface area contributed by atoms with E-state index < -0.39 is 16.7 Å². The zero-order valence-corrected chi connectivity index (χ0v) is 20.3. The number of nitrogens with two attached hydrogens (primary N) is 1. The van der Waals surface area contributed by atoms with Crippen molar-refractivity contribution < 1.29 is 9.29 Å². The van der Waals surface area contributed by atoms with Crippen LogP contribution in [0.5, 0.6) is 0 Å². The molecule has 0 aliphatic rings. The van der Waals surface area contributed by atoms with Crippen LogP contribution in [-0.2, 0) is 21.5 Å². The summed E-state index contributed by atoms with van der Waals surface area (Å²) in [6.07, 6.45) is 1.64. The zero-order valence-electron chi connectivity index (χ0n) is 19.5. The van der Waals surface area contributed by atoms with Crippen molar-refractivity contribution in [1.29, 1.82) is 10.8 Å². The Morgan fingerprint density at radius 2 is 1.64 bits per heavy atom. The maximum atomic E-state index is 10.3. The average molecular weight is 465 g/mol. The fourth-order valence-electron chi connectivity index (χ4n) is 3.10. The quantitative estimate of drug-likeness (QED) is 0.235. The average Bonchev–Trinajstić information content (AvgIpc) is 2.78. The van der Waals surface area contributed by atoms with E-state index in [0.29, 0.717) is 17.0 Å². The number of nitrogens with zero attached hydrogens (tertiary/aromatic N) is 2. The van der Waals surface area contributed by atoms with Gasteiger partial charge in [-0.25, -0.2) is 4.98 Å². The summed E-state index contributed by atoms with van der Waals surface area (Å²) in [6, 6.07) is 14.7. The number of nitrogens with one attached hydrogen (secondary N) is 2. The van der Waals surface area contributed by atoms with E-state index in [2.05, 4.69) is 9.97 Å². The summed E-state index contributed by atoms with van der Waals surface area (Å²) in [5.74, 6) is -0.399. The molecule has 8 heteroatoms. The number of ether oxygens (including phenoxy) is 1. The van der Waals surface area contributed by atoms with Crippen molar-refractivity contribution in [2.24, 2.45) is 5.73 Å². The second kappa shape index (κ2) is 9.82. The number of benzene rings is 2. The van der Waals surface area contributed by atoms with Crippen LogP contribution in [0.3, 0.4) is 0 Å². The molecule has 1 unspecified atom stereocenters. The molecule has 0 amide bonds. The van der Waals surface area contributed by atoms with Crippen LogP contribution >= 0.6 is 0 Å². The Hall–Kier alpha value is -3.07. The van der Waals surface area contributed by atoms with Crippen molar-refractivity contribution in [2.45, 2.75) is 50.3 Å². The molecule has 2 aromatic carbocycles. The van der Waals surface area contributed by atoms with Crippen LogP contribution in [0.1, 0.15) is 50.2 Å². The van der Waals surface area contributed by atoms with Crippen LogP contribution in [0.15, 0.2) is 59.6 Å². The van der Waals surface area contributed by atoms with E-state index in [1.165, 1.54) is 0 Å². The van der Waals surface area contributed by atoms with Gasteiger partial charge >= 0.3 is 0 Å². The van der Waals surface area contributed by atoms with Gasteiger partial charge in [0.25, 0.3) is 0 Å².